The van der Waals surface area contributed by atoms with Crippen molar-refractivity contribution in [3.8, 4) is 5.75 Å². The number of rotatable bonds is 4. The normalized spacial score (nSPS) is 17.9. The van der Waals surface area contributed by atoms with Crippen molar-refractivity contribution in [3.63, 3.8) is 0 Å². The van der Waals surface area contributed by atoms with E-state index in [0.717, 1.165) is 0 Å². The van der Waals surface area contributed by atoms with Gasteiger partial charge in [0.05, 0.1) is 13.0 Å². The summed E-state index contributed by atoms with van der Waals surface area (Å²) >= 11 is 0. The molecule has 0 saturated carbocycles. The average molecular weight is 321 g/mol. The van der Waals surface area contributed by atoms with Gasteiger partial charge < -0.3 is 19.5 Å². The molecular weight excluding hydrogens is 298 g/mol. The minimum Gasteiger partial charge on any atom is -0.488 e. The first-order chi connectivity index (χ1) is 10.7. The Hall–Kier alpha value is -2.24. The summed E-state index contributed by atoms with van der Waals surface area (Å²) in [6.45, 7) is 6.50. The molecule has 23 heavy (non-hydrogen) atoms. The largest absolute Gasteiger partial charge is 0.488 e. The van der Waals surface area contributed by atoms with Crippen molar-refractivity contribution in [1.82, 2.24) is 4.90 Å². The molecule has 1 unspecified atom stereocenters. The SMILES string of the molecule is CC(C)(C)OC(=O)N1CCC(Oc2ccccc2CC(=O)O)C1. The number of aliphatic carboxylic acids is 1. The number of hydrogen-bond acceptors (Lipinski definition) is 4. The van der Waals surface area contributed by atoms with Crippen molar-refractivity contribution in [2.75, 3.05) is 13.1 Å². The molecule has 0 bridgehead atoms. The highest BCUT2D eigenvalue weighted by Gasteiger charge is 2.31. The van der Waals surface area contributed by atoms with Crippen molar-refractivity contribution in [1.29, 1.82) is 0 Å². The molecule has 6 nitrogen and oxygen atoms in total. The first-order valence-electron chi connectivity index (χ1n) is 7.69. The third kappa shape index (κ3) is 5.16. The molecule has 6 heteroatoms. The molecule has 0 radical (unpaired) electrons. The number of carbonyl (C=O) groups is 2. The van der Waals surface area contributed by atoms with Gasteiger partial charge in [-0.05, 0) is 26.8 Å². The van der Waals surface area contributed by atoms with Crippen molar-refractivity contribution >= 4 is 12.1 Å². The van der Waals surface area contributed by atoms with Crippen LogP contribution < -0.4 is 4.74 Å². The number of hydrogen-bond donors (Lipinski definition) is 1. The van der Waals surface area contributed by atoms with E-state index in [1.165, 1.54) is 0 Å². The highest BCUT2D eigenvalue weighted by Crippen LogP contribution is 2.24. The van der Waals surface area contributed by atoms with Crippen LogP contribution in [0.25, 0.3) is 0 Å². The molecule has 1 aliphatic heterocycles. The minimum absolute atomic E-state index is 0.0846. The maximum Gasteiger partial charge on any atom is 0.410 e. The molecule has 1 aromatic rings. The number of para-hydroxylation sites is 1. The molecule has 0 spiro atoms. The van der Waals surface area contributed by atoms with E-state index in [-0.39, 0.29) is 18.6 Å². The van der Waals surface area contributed by atoms with Crippen molar-refractivity contribution in [2.24, 2.45) is 0 Å². The number of amides is 1. The third-order valence-corrected chi connectivity index (χ3v) is 3.40. The molecule has 1 N–H and O–H groups in total. The van der Waals surface area contributed by atoms with Gasteiger partial charge >= 0.3 is 12.1 Å². The fourth-order valence-electron chi connectivity index (χ4n) is 2.42. The molecule has 1 saturated heterocycles. The summed E-state index contributed by atoms with van der Waals surface area (Å²) < 4.78 is 11.3. The first-order valence-corrected chi connectivity index (χ1v) is 7.69. The lowest BCUT2D eigenvalue weighted by molar-refractivity contribution is -0.136. The molecule has 1 amide bonds. The summed E-state index contributed by atoms with van der Waals surface area (Å²) in [6, 6.07) is 7.09. The van der Waals surface area contributed by atoms with Crippen LogP contribution in [0.5, 0.6) is 5.75 Å². The summed E-state index contributed by atoms with van der Waals surface area (Å²) in [5.41, 5.74) is 0.111. The number of nitrogens with zero attached hydrogens (tertiary/aromatic N) is 1. The second-order valence-corrected chi connectivity index (χ2v) is 6.63. The predicted molar refractivity (Wildman–Crippen MR) is 84.6 cm³/mol. The number of ether oxygens (including phenoxy) is 2. The Morgan fingerprint density at radius 3 is 2.65 bits per heavy atom. The fourth-order valence-corrected chi connectivity index (χ4v) is 2.42. The van der Waals surface area contributed by atoms with Gasteiger partial charge in [0.25, 0.3) is 0 Å². The molecular formula is C17H23NO5. The Kier molecular flexibility index (Phi) is 5.13. The Balaban J connectivity index is 1.96. The van der Waals surface area contributed by atoms with Gasteiger partial charge in [-0.2, -0.15) is 0 Å². The second kappa shape index (κ2) is 6.89. The fraction of sp³-hybridized carbons (Fsp3) is 0.529. The lowest BCUT2D eigenvalue weighted by Crippen LogP contribution is -2.36. The molecule has 126 valence electrons. The van der Waals surface area contributed by atoms with Crippen LogP contribution in [0.4, 0.5) is 4.79 Å². The standard InChI is InChI=1S/C17H23NO5/c1-17(2,3)23-16(21)18-9-8-13(11-18)22-14-7-5-4-6-12(14)10-15(19)20/h4-7,13H,8-11H2,1-3H3,(H,19,20). The Bertz CT molecular complexity index is 579. The third-order valence-electron chi connectivity index (χ3n) is 3.40. The topological polar surface area (TPSA) is 76.1 Å². The maximum absolute atomic E-state index is 12.0. The summed E-state index contributed by atoms with van der Waals surface area (Å²) in [6.07, 6.45) is 0.110. The van der Waals surface area contributed by atoms with Crippen LogP contribution >= 0.6 is 0 Å². The Morgan fingerprint density at radius 1 is 1.30 bits per heavy atom. The van der Waals surface area contributed by atoms with Crippen LogP contribution in [-0.4, -0.2) is 46.9 Å². The van der Waals surface area contributed by atoms with Gasteiger partial charge in [0.2, 0.25) is 0 Å². The number of likely N-dealkylation sites (tertiary alicyclic amines) is 1. The number of carbonyl (C=O) groups excluding carboxylic acids is 1. The monoisotopic (exact) mass is 321 g/mol. The van der Waals surface area contributed by atoms with Crippen LogP contribution in [0.15, 0.2) is 24.3 Å². The summed E-state index contributed by atoms with van der Waals surface area (Å²) in [7, 11) is 0. The van der Waals surface area contributed by atoms with Crippen molar-refractivity contribution < 1.29 is 24.2 Å². The number of carboxylic acids is 1. The van der Waals surface area contributed by atoms with Gasteiger partial charge in [-0.1, -0.05) is 18.2 Å². The smallest absolute Gasteiger partial charge is 0.410 e. The molecule has 2 rings (SSSR count). The van der Waals surface area contributed by atoms with Gasteiger partial charge in [0, 0.05) is 18.5 Å². The van der Waals surface area contributed by atoms with Crippen molar-refractivity contribution in [2.45, 2.75) is 45.3 Å². The van der Waals surface area contributed by atoms with Gasteiger partial charge in [0.1, 0.15) is 17.5 Å². The van der Waals surface area contributed by atoms with Crippen LogP contribution in [0.2, 0.25) is 0 Å². The summed E-state index contributed by atoms with van der Waals surface area (Å²) in [5, 5.41) is 8.95. The highest BCUT2D eigenvalue weighted by molar-refractivity contribution is 5.71. The highest BCUT2D eigenvalue weighted by atomic mass is 16.6. The summed E-state index contributed by atoms with van der Waals surface area (Å²) in [4.78, 5) is 24.6. The molecule has 1 aromatic carbocycles. The van der Waals surface area contributed by atoms with E-state index in [2.05, 4.69) is 0 Å². The Labute approximate surface area is 136 Å². The van der Waals surface area contributed by atoms with Crippen LogP contribution in [-0.2, 0) is 16.0 Å². The van der Waals surface area contributed by atoms with Crippen LogP contribution in [0, 0.1) is 0 Å². The molecule has 1 heterocycles. The van der Waals surface area contributed by atoms with Gasteiger partial charge in [-0.3, -0.25) is 4.79 Å². The van der Waals surface area contributed by atoms with E-state index in [9.17, 15) is 9.59 Å². The minimum atomic E-state index is -0.900. The number of carboxylic acid groups (broad SMARTS) is 1. The van der Waals surface area contributed by atoms with Gasteiger partial charge in [-0.15, -0.1) is 0 Å². The van der Waals surface area contributed by atoms with E-state index in [1.807, 2.05) is 20.8 Å². The molecule has 1 aliphatic rings. The predicted octanol–water partition coefficient (Wildman–Crippen LogP) is 2.70. The van der Waals surface area contributed by atoms with Gasteiger partial charge in [-0.25, -0.2) is 4.79 Å². The van der Waals surface area contributed by atoms with E-state index in [1.54, 1.807) is 29.2 Å². The van der Waals surface area contributed by atoms with Crippen LogP contribution in [0.1, 0.15) is 32.8 Å². The maximum atomic E-state index is 12.0. The molecule has 1 fully saturated rings. The lowest BCUT2D eigenvalue weighted by Gasteiger charge is -2.24. The first kappa shape index (κ1) is 17.1. The average Bonchev–Trinajstić information content (AvgIpc) is 2.87. The Morgan fingerprint density at radius 2 is 2.00 bits per heavy atom. The summed E-state index contributed by atoms with van der Waals surface area (Å²) in [5.74, 6) is -0.339. The number of benzene rings is 1. The molecule has 0 aliphatic carbocycles. The van der Waals surface area contributed by atoms with E-state index < -0.39 is 11.6 Å². The van der Waals surface area contributed by atoms with Gasteiger partial charge in [0.15, 0.2) is 0 Å². The van der Waals surface area contributed by atoms with E-state index >= 15 is 0 Å². The van der Waals surface area contributed by atoms with E-state index in [0.29, 0.717) is 30.8 Å². The second-order valence-electron chi connectivity index (χ2n) is 6.63. The zero-order valence-electron chi connectivity index (χ0n) is 13.7. The zero-order valence-corrected chi connectivity index (χ0v) is 13.7. The molecule has 1 atom stereocenters. The quantitative estimate of drug-likeness (QED) is 0.922. The van der Waals surface area contributed by atoms with Crippen molar-refractivity contribution in [3.05, 3.63) is 29.8 Å². The molecule has 0 aromatic heterocycles. The zero-order chi connectivity index (χ0) is 17.0. The van der Waals surface area contributed by atoms with E-state index in [4.69, 9.17) is 14.6 Å². The van der Waals surface area contributed by atoms with Crippen LogP contribution in [0.3, 0.4) is 0 Å². The lowest BCUT2D eigenvalue weighted by atomic mass is 10.1.